The molecule has 0 aliphatic carbocycles. The monoisotopic (exact) mass is 356 g/mol. The van der Waals surface area contributed by atoms with Crippen molar-refractivity contribution in [2.24, 2.45) is 5.10 Å². The quantitative estimate of drug-likeness (QED) is 0.442. The molecule has 1 aromatic heterocycles. The Balaban J connectivity index is 1.92. The number of nitrogens with one attached hydrogen (secondary N) is 1. The van der Waals surface area contributed by atoms with Crippen LogP contribution in [0, 0.1) is 6.92 Å². The molecule has 1 N–H and O–H groups in total. The lowest BCUT2D eigenvalue weighted by atomic mass is 10.1. The summed E-state index contributed by atoms with van der Waals surface area (Å²) < 4.78 is 29.7. The average Bonchev–Trinajstić information content (AvgIpc) is 2.59. The van der Waals surface area contributed by atoms with Crippen LogP contribution in [0.25, 0.3) is 11.0 Å². The molecule has 3 rings (SSSR count). The van der Waals surface area contributed by atoms with E-state index >= 15 is 0 Å². The van der Waals surface area contributed by atoms with Crippen molar-refractivity contribution in [1.29, 1.82) is 0 Å². The summed E-state index contributed by atoms with van der Waals surface area (Å²) in [6.45, 7) is 3.41. The molecule has 3 aromatic rings. The van der Waals surface area contributed by atoms with Crippen LogP contribution < -0.4 is 10.5 Å². The highest BCUT2D eigenvalue weighted by atomic mass is 32.2. The van der Waals surface area contributed by atoms with Gasteiger partial charge in [0.2, 0.25) is 0 Å². The number of para-hydroxylation sites is 1. The van der Waals surface area contributed by atoms with Gasteiger partial charge < -0.3 is 4.42 Å². The van der Waals surface area contributed by atoms with Crippen molar-refractivity contribution in [3.05, 3.63) is 76.1 Å². The Kier molecular flexibility index (Phi) is 4.41. The highest BCUT2D eigenvalue weighted by molar-refractivity contribution is 7.89. The lowest BCUT2D eigenvalue weighted by Gasteiger charge is -2.06. The van der Waals surface area contributed by atoms with Gasteiger partial charge in [0.1, 0.15) is 5.58 Å². The molecule has 0 spiro atoms. The van der Waals surface area contributed by atoms with E-state index in [9.17, 15) is 13.2 Å². The maximum Gasteiger partial charge on any atom is 0.345 e. The van der Waals surface area contributed by atoms with Crippen LogP contribution in [0.4, 0.5) is 0 Å². The average molecular weight is 356 g/mol. The molecule has 128 valence electrons. The van der Waals surface area contributed by atoms with Gasteiger partial charge >= 0.3 is 5.63 Å². The minimum absolute atomic E-state index is 0.0974. The third-order valence-electron chi connectivity index (χ3n) is 3.70. The zero-order chi connectivity index (χ0) is 18.0. The van der Waals surface area contributed by atoms with E-state index in [1.807, 2.05) is 13.0 Å². The van der Waals surface area contributed by atoms with Gasteiger partial charge in [0.15, 0.2) is 0 Å². The van der Waals surface area contributed by atoms with Crippen LogP contribution in [0.5, 0.6) is 0 Å². The molecule has 1 heterocycles. The van der Waals surface area contributed by atoms with E-state index in [2.05, 4.69) is 9.93 Å². The Morgan fingerprint density at radius 3 is 2.48 bits per heavy atom. The van der Waals surface area contributed by atoms with Crippen LogP contribution in [0.3, 0.4) is 0 Å². The summed E-state index contributed by atoms with van der Waals surface area (Å²) in [6.07, 6.45) is 0. The van der Waals surface area contributed by atoms with E-state index in [1.165, 1.54) is 12.1 Å². The predicted octanol–water partition coefficient (Wildman–Crippen LogP) is 2.80. The number of fused-ring (bicyclic) bond motifs is 1. The molecule has 6 nitrogen and oxygen atoms in total. The molecule has 0 aliphatic heterocycles. The van der Waals surface area contributed by atoms with E-state index in [0.29, 0.717) is 5.58 Å². The SMILES string of the molecule is C/C(=N\NS(=O)(=O)c1ccc(C)cc1)c1cc2ccccc2oc1=O. The van der Waals surface area contributed by atoms with E-state index in [4.69, 9.17) is 4.42 Å². The molecule has 0 bridgehead atoms. The number of sulfonamides is 1. The van der Waals surface area contributed by atoms with Gasteiger partial charge in [-0.2, -0.15) is 18.4 Å². The summed E-state index contributed by atoms with van der Waals surface area (Å²) in [5.74, 6) is 0. The molecule has 7 heteroatoms. The number of hydrogen-bond donors (Lipinski definition) is 1. The first-order valence-corrected chi connectivity index (χ1v) is 9.01. The number of hydrazone groups is 1. The zero-order valence-electron chi connectivity index (χ0n) is 13.7. The molecule has 25 heavy (non-hydrogen) atoms. The Bertz CT molecular complexity index is 1110. The third-order valence-corrected chi connectivity index (χ3v) is 4.92. The molecule has 0 amide bonds. The summed E-state index contributed by atoms with van der Waals surface area (Å²) >= 11 is 0. The minimum atomic E-state index is -3.81. The normalized spacial score (nSPS) is 12.3. The minimum Gasteiger partial charge on any atom is -0.422 e. The Labute approximate surface area is 144 Å². The van der Waals surface area contributed by atoms with Gasteiger partial charge in [-0.25, -0.2) is 4.79 Å². The fourth-order valence-corrected chi connectivity index (χ4v) is 3.13. The van der Waals surface area contributed by atoms with Gasteiger partial charge in [-0.3, -0.25) is 0 Å². The fraction of sp³-hybridized carbons (Fsp3) is 0.111. The van der Waals surface area contributed by atoms with Gasteiger partial charge in [-0.15, -0.1) is 0 Å². The van der Waals surface area contributed by atoms with Crippen LogP contribution >= 0.6 is 0 Å². The smallest absolute Gasteiger partial charge is 0.345 e. The first-order chi connectivity index (χ1) is 11.9. The number of benzene rings is 2. The molecule has 0 fully saturated rings. The van der Waals surface area contributed by atoms with Crippen molar-refractivity contribution in [1.82, 2.24) is 4.83 Å². The van der Waals surface area contributed by atoms with Gasteiger partial charge in [0, 0.05) is 5.39 Å². The largest absolute Gasteiger partial charge is 0.422 e. The number of aryl methyl sites for hydroxylation is 1. The van der Waals surface area contributed by atoms with Crippen LogP contribution in [0.2, 0.25) is 0 Å². The maximum atomic E-state index is 12.3. The van der Waals surface area contributed by atoms with Crippen LogP contribution in [0.1, 0.15) is 18.1 Å². The Morgan fingerprint density at radius 2 is 1.76 bits per heavy atom. The first kappa shape index (κ1) is 16.9. The second kappa shape index (κ2) is 6.52. The Morgan fingerprint density at radius 1 is 1.08 bits per heavy atom. The van der Waals surface area contributed by atoms with Crippen molar-refractivity contribution >= 4 is 26.7 Å². The summed E-state index contributed by atoms with van der Waals surface area (Å²) in [5.41, 5.74) is 1.26. The lowest BCUT2D eigenvalue weighted by molar-refractivity contribution is 0.559. The molecule has 0 unspecified atom stereocenters. The maximum absolute atomic E-state index is 12.3. The molecule has 0 atom stereocenters. The Hall–Kier alpha value is -2.93. The van der Waals surface area contributed by atoms with E-state index in [0.717, 1.165) is 10.9 Å². The van der Waals surface area contributed by atoms with Crippen molar-refractivity contribution in [3.63, 3.8) is 0 Å². The van der Waals surface area contributed by atoms with Crippen molar-refractivity contribution in [3.8, 4) is 0 Å². The van der Waals surface area contributed by atoms with Crippen molar-refractivity contribution < 1.29 is 12.8 Å². The summed E-state index contributed by atoms with van der Waals surface area (Å²) in [4.78, 5) is 14.3. The topological polar surface area (TPSA) is 88.7 Å². The van der Waals surface area contributed by atoms with Crippen LogP contribution in [-0.2, 0) is 10.0 Å². The summed E-state index contributed by atoms with van der Waals surface area (Å²) in [7, 11) is -3.81. The zero-order valence-corrected chi connectivity index (χ0v) is 14.5. The standard InChI is InChI=1S/C18H16N2O4S/c1-12-7-9-15(10-8-12)25(22,23)20-19-13(2)16-11-14-5-3-4-6-17(14)24-18(16)21/h3-11,20H,1-2H3/b19-13+. The molecule has 0 saturated heterocycles. The second-order valence-corrected chi connectivity index (χ2v) is 7.25. The number of nitrogens with zero attached hydrogens (tertiary/aromatic N) is 1. The number of rotatable bonds is 4. The highest BCUT2D eigenvalue weighted by Gasteiger charge is 2.14. The van der Waals surface area contributed by atoms with Crippen molar-refractivity contribution in [2.45, 2.75) is 18.7 Å². The van der Waals surface area contributed by atoms with E-state index < -0.39 is 15.6 Å². The van der Waals surface area contributed by atoms with Gasteiger partial charge in [-0.1, -0.05) is 35.9 Å². The van der Waals surface area contributed by atoms with Crippen LogP contribution in [0.15, 0.2) is 73.8 Å². The van der Waals surface area contributed by atoms with E-state index in [1.54, 1.807) is 43.3 Å². The van der Waals surface area contributed by atoms with Gasteiger partial charge in [0.05, 0.1) is 16.2 Å². The summed E-state index contributed by atoms with van der Waals surface area (Å²) in [5, 5.41) is 4.58. The molecular formula is C18H16N2O4S. The summed E-state index contributed by atoms with van der Waals surface area (Å²) in [6, 6.07) is 15.1. The van der Waals surface area contributed by atoms with E-state index in [-0.39, 0.29) is 16.2 Å². The molecule has 0 saturated carbocycles. The van der Waals surface area contributed by atoms with Crippen molar-refractivity contribution in [2.75, 3.05) is 0 Å². The molecule has 0 radical (unpaired) electrons. The number of hydrogen-bond acceptors (Lipinski definition) is 5. The predicted molar refractivity (Wildman–Crippen MR) is 96.2 cm³/mol. The second-order valence-electron chi connectivity index (χ2n) is 5.59. The molecule has 0 aliphatic rings. The van der Waals surface area contributed by atoms with Gasteiger partial charge in [0.25, 0.3) is 10.0 Å². The lowest BCUT2D eigenvalue weighted by Crippen LogP contribution is -2.21. The first-order valence-electron chi connectivity index (χ1n) is 7.53. The molecule has 2 aromatic carbocycles. The van der Waals surface area contributed by atoms with Crippen LogP contribution in [-0.4, -0.2) is 14.1 Å². The molecular weight excluding hydrogens is 340 g/mol. The van der Waals surface area contributed by atoms with Gasteiger partial charge in [-0.05, 0) is 38.1 Å². The highest BCUT2D eigenvalue weighted by Crippen LogP contribution is 2.13. The third kappa shape index (κ3) is 3.61. The fourth-order valence-electron chi connectivity index (χ4n) is 2.27.